The number of carbonyl (C=O) groups excluding carboxylic acids is 1. The second kappa shape index (κ2) is 9.58. The van der Waals surface area contributed by atoms with E-state index < -0.39 is 10.0 Å². The summed E-state index contributed by atoms with van der Waals surface area (Å²) < 4.78 is 26.3. The van der Waals surface area contributed by atoms with Crippen molar-refractivity contribution in [1.82, 2.24) is 9.21 Å². The highest BCUT2D eigenvalue weighted by Gasteiger charge is 2.21. The Kier molecular flexibility index (Phi) is 8.12. The lowest BCUT2D eigenvalue weighted by molar-refractivity contribution is -0.128. The van der Waals surface area contributed by atoms with Crippen molar-refractivity contribution in [3.8, 4) is 0 Å². The standard InChI is InChI=1S/C18H29N3O3S/c1-6-20(14-15(4)5)18(22)13-19-16-9-11-17(12-10-16)25(23,24)21(7-2)8-3/h9-12,19H,4,6-8,13-14H2,1-3,5H3. The normalized spacial score (nSPS) is 11.4. The molecule has 0 aliphatic carbocycles. The largest absolute Gasteiger partial charge is 0.376 e. The molecule has 25 heavy (non-hydrogen) atoms. The molecule has 6 nitrogen and oxygen atoms in total. The van der Waals surface area contributed by atoms with E-state index in [2.05, 4.69) is 11.9 Å². The average Bonchev–Trinajstić information content (AvgIpc) is 2.58. The van der Waals surface area contributed by atoms with Gasteiger partial charge in [-0.1, -0.05) is 26.0 Å². The topological polar surface area (TPSA) is 69.7 Å². The predicted octanol–water partition coefficient (Wildman–Crippen LogP) is 2.55. The molecule has 1 amide bonds. The highest BCUT2D eigenvalue weighted by atomic mass is 32.2. The monoisotopic (exact) mass is 367 g/mol. The van der Waals surface area contributed by atoms with Crippen LogP contribution in [0, 0.1) is 0 Å². The molecular weight excluding hydrogens is 338 g/mol. The fourth-order valence-corrected chi connectivity index (χ4v) is 3.91. The Balaban J connectivity index is 2.75. The van der Waals surface area contributed by atoms with Gasteiger partial charge in [-0.25, -0.2) is 8.42 Å². The van der Waals surface area contributed by atoms with Crippen LogP contribution in [-0.4, -0.2) is 56.3 Å². The quantitative estimate of drug-likeness (QED) is 0.645. The lowest BCUT2D eigenvalue weighted by atomic mass is 10.3. The summed E-state index contributed by atoms with van der Waals surface area (Å²) in [4.78, 5) is 14.2. The van der Waals surface area contributed by atoms with Crippen molar-refractivity contribution < 1.29 is 13.2 Å². The molecule has 0 heterocycles. The SMILES string of the molecule is C=C(C)CN(CC)C(=O)CNc1ccc(S(=O)(=O)N(CC)CC)cc1. The number of hydrogen-bond acceptors (Lipinski definition) is 4. The van der Waals surface area contributed by atoms with Crippen molar-refractivity contribution in [3.63, 3.8) is 0 Å². The number of likely N-dealkylation sites (N-methyl/N-ethyl adjacent to an activating group) is 1. The van der Waals surface area contributed by atoms with Gasteiger partial charge in [-0.2, -0.15) is 4.31 Å². The molecule has 0 saturated carbocycles. The summed E-state index contributed by atoms with van der Waals surface area (Å²) in [5.74, 6) is -0.0228. The maximum atomic E-state index is 12.4. The van der Waals surface area contributed by atoms with Crippen molar-refractivity contribution in [3.05, 3.63) is 36.4 Å². The Morgan fingerprint density at radius 1 is 1.08 bits per heavy atom. The first kappa shape index (κ1) is 21.2. The number of benzene rings is 1. The van der Waals surface area contributed by atoms with E-state index in [9.17, 15) is 13.2 Å². The molecule has 0 bridgehead atoms. The summed E-state index contributed by atoms with van der Waals surface area (Å²) in [5.41, 5.74) is 1.64. The third kappa shape index (κ3) is 5.86. The Bertz CT molecular complexity index is 680. The van der Waals surface area contributed by atoms with Crippen LogP contribution < -0.4 is 5.32 Å². The minimum absolute atomic E-state index is 0.0228. The van der Waals surface area contributed by atoms with Crippen LogP contribution in [0.2, 0.25) is 0 Å². The van der Waals surface area contributed by atoms with Crippen LogP contribution in [0.3, 0.4) is 0 Å². The highest BCUT2D eigenvalue weighted by Crippen LogP contribution is 2.18. The molecule has 0 aliphatic heterocycles. The van der Waals surface area contributed by atoms with Gasteiger partial charge in [0.2, 0.25) is 15.9 Å². The molecular formula is C18H29N3O3S. The van der Waals surface area contributed by atoms with Crippen LogP contribution in [0.1, 0.15) is 27.7 Å². The van der Waals surface area contributed by atoms with E-state index in [0.717, 1.165) is 5.57 Å². The molecule has 1 N–H and O–H groups in total. The maximum absolute atomic E-state index is 12.4. The molecule has 0 fully saturated rings. The van der Waals surface area contributed by atoms with Gasteiger partial charge in [0.1, 0.15) is 0 Å². The van der Waals surface area contributed by atoms with Crippen molar-refractivity contribution in [2.45, 2.75) is 32.6 Å². The van der Waals surface area contributed by atoms with Crippen LogP contribution in [0.5, 0.6) is 0 Å². The van der Waals surface area contributed by atoms with Gasteiger partial charge in [-0.15, -0.1) is 0 Å². The minimum atomic E-state index is -3.46. The van der Waals surface area contributed by atoms with Gasteiger partial charge in [0.25, 0.3) is 0 Å². The second-order valence-electron chi connectivity index (χ2n) is 5.83. The summed E-state index contributed by atoms with van der Waals surface area (Å²) >= 11 is 0. The van der Waals surface area contributed by atoms with E-state index in [1.807, 2.05) is 27.7 Å². The molecule has 1 aromatic rings. The first-order chi connectivity index (χ1) is 11.8. The van der Waals surface area contributed by atoms with Crippen LogP contribution in [0.15, 0.2) is 41.3 Å². The van der Waals surface area contributed by atoms with E-state index in [0.29, 0.717) is 31.9 Å². The Morgan fingerprint density at radius 2 is 1.64 bits per heavy atom. The molecule has 0 spiro atoms. The lowest BCUT2D eigenvalue weighted by Gasteiger charge is -2.21. The van der Waals surface area contributed by atoms with Crippen molar-refractivity contribution in [1.29, 1.82) is 0 Å². The number of nitrogens with one attached hydrogen (secondary N) is 1. The predicted molar refractivity (Wildman–Crippen MR) is 102 cm³/mol. The second-order valence-corrected chi connectivity index (χ2v) is 7.77. The number of rotatable bonds is 10. The van der Waals surface area contributed by atoms with E-state index in [1.165, 1.54) is 4.31 Å². The molecule has 1 aromatic carbocycles. The fourth-order valence-electron chi connectivity index (χ4n) is 2.45. The Morgan fingerprint density at radius 3 is 2.08 bits per heavy atom. The molecule has 140 valence electrons. The zero-order valence-corrected chi connectivity index (χ0v) is 16.4. The molecule has 0 radical (unpaired) electrons. The number of nitrogens with zero attached hydrogens (tertiary/aromatic N) is 2. The molecule has 0 saturated heterocycles. The molecule has 0 atom stereocenters. The van der Waals surface area contributed by atoms with Gasteiger partial charge in [0.05, 0.1) is 11.4 Å². The van der Waals surface area contributed by atoms with Gasteiger partial charge in [0.15, 0.2) is 0 Å². The van der Waals surface area contributed by atoms with Crippen LogP contribution in [0.4, 0.5) is 5.69 Å². The molecule has 1 rings (SSSR count). The van der Waals surface area contributed by atoms with E-state index in [-0.39, 0.29) is 17.3 Å². The highest BCUT2D eigenvalue weighted by molar-refractivity contribution is 7.89. The zero-order valence-electron chi connectivity index (χ0n) is 15.6. The number of hydrogen-bond donors (Lipinski definition) is 1. The number of carbonyl (C=O) groups is 1. The smallest absolute Gasteiger partial charge is 0.243 e. The zero-order chi connectivity index (χ0) is 19.0. The number of amides is 1. The first-order valence-corrected chi connectivity index (χ1v) is 9.96. The van der Waals surface area contributed by atoms with Crippen LogP contribution in [-0.2, 0) is 14.8 Å². The summed E-state index contributed by atoms with van der Waals surface area (Å²) in [6.07, 6.45) is 0. The van der Waals surface area contributed by atoms with Gasteiger partial charge in [0, 0.05) is 31.9 Å². The third-order valence-electron chi connectivity index (χ3n) is 3.84. The summed E-state index contributed by atoms with van der Waals surface area (Å²) in [6.45, 7) is 13.4. The van der Waals surface area contributed by atoms with Crippen LogP contribution >= 0.6 is 0 Å². The molecule has 0 aliphatic rings. The van der Waals surface area contributed by atoms with E-state index in [4.69, 9.17) is 0 Å². The van der Waals surface area contributed by atoms with Crippen LogP contribution in [0.25, 0.3) is 0 Å². The van der Waals surface area contributed by atoms with Gasteiger partial charge in [-0.3, -0.25) is 4.79 Å². The molecule has 7 heteroatoms. The first-order valence-electron chi connectivity index (χ1n) is 8.52. The van der Waals surface area contributed by atoms with Gasteiger partial charge < -0.3 is 10.2 Å². The van der Waals surface area contributed by atoms with Gasteiger partial charge >= 0.3 is 0 Å². The summed E-state index contributed by atoms with van der Waals surface area (Å²) in [5, 5.41) is 3.04. The average molecular weight is 368 g/mol. The molecule has 0 aromatic heterocycles. The molecule has 0 unspecified atom stereocenters. The fraction of sp³-hybridized carbons (Fsp3) is 0.500. The maximum Gasteiger partial charge on any atom is 0.243 e. The third-order valence-corrected chi connectivity index (χ3v) is 5.90. The van der Waals surface area contributed by atoms with Gasteiger partial charge in [-0.05, 0) is 38.1 Å². The Hall–Kier alpha value is -1.86. The Labute approximate surface area is 151 Å². The van der Waals surface area contributed by atoms with E-state index in [1.54, 1.807) is 29.2 Å². The van der Waals surface area contributed by atoms with Crippen molar-refractivity contribution >= 4 is 21.6 Å². The lowest BCUT2D eigenvalue weighted by Crippen LogP contribution is -2.36. The van der Waals surface area contributed by atoms with E-state index >= 15 is 0 Å². The number of anilines is 1. The van der Waals surface area contributed by atoms with Crippen molar-refractivity contribution in [2.75, 3.05) is 38.0 Å². The summed E-state index contributed by atoms with van der Waals surface area (Å²) in [6, 6.07) is 6.48. The van der Waals surface area contributed by atoms with Crippen molar-refractivity contribution in [2.24, 2.45) is 0 Å². The summed E-state index contributed by atoms with van der Waals surface area (Å²) in [7, 11) is -3.46. The number of sulfonamides is 1. The minimum Gasteiger partial charge on any atom is -0.376 e.